The first-order chi connectivity index (χ1) is 15.5. The highest BCUT2D eigenvalue weighted by Gasteiger charge is 2.14. The molecule has 5 aromatic rings. The number of nitrogens with zero attached hydrogens (tertiary/aromatic N) is 4. The van der Waals surface area contributed by atoms with Gasteiger partial charge in [0.2, 0.25) is 0 Å². The summed E-state index contributed by atoms with van der Waals surface area (Å²) in [6, 6.07) is 12.4. The Morgan fingerprint density at radius 1 is 0.938 bits per heavy atom. The SMILES string of the molecule is CC.Cc1cn(C)c2ccccc12.Cc1nc2c(s1)CCC2.Cc1nsc2ncccc12. The topological polar surface area (TPSA) is 43.6 Å². The molecule has 0 saturated heterocycles. The Labute approximate surface area is 199 Å². The first-order valence-electron chi connectivity index (χ1n) is 11.2. The fourth-order valence-electron chi connectivity index (χ4n) is 3.76. The molecule has 4 heterocycles. The summed E-state index contributed by atoms with van der Waals surface area (Å²) in [5, 5.41) is 3.77. The van der Waals surface area contributed by atoms with Crippen LogP contribution in [0.15, 0.2) is 48.8 Å². The zero-order chi connectivity index (χ0) is 23.1. The molecule has 0 radical (unpaired) electrons. The lowest BCUT2D eigenvalue weighted by molar-refractivity contribution is 0.896. The van der Waals surface area contributed by atoms with E-state index in [0.717, 1.165) is 10.5 Å². The predicted molar refractivity (Wildman–Crippen MR) is 140 cm³/mol. The van der Waals surface area contributed by atoms with E-state index in [9.17, 15) is 0 Å². The van der Waals surface area contributed by atoms with Gasteiger partial charge in [-0.25, -0.2) is 9.97 Å². The van der Waals surface area contributed by atoms with Crippen molar-refractivity contribution in [1.82, 2.24) is 18.9 Å². The van der Waals surface area contributed by atoms with Gasteiger partial charge in [0.1, 0.15) is 4.83 Å². The molecule has 0 aliphatic heterocycles. The van der Waals surface area contributed by atoms with Gasteiger partial charge in [0.05, 0.1) is 16.4 Å². The van der Waals surface area contributed by atoms with Gasteiger partial charge in [-0.15, -0.1) is 11.3 Å². The molecular weight excluding hydrogens is 432 g/mol. The molecule has 1 aromatic carbocycles. The van der Waals surface area contributed by atoms with E-state index in [1.807, 2.05) is 44.2 Å². The minimum Gasteiger partial charge on any atom is -0.350 e. The molecule has 32 heavy (non-hydrogen) atoms. The number of fused-ring (bicyclic) bond motifs is 3. The first-order valence-corrected chi connectivity index (χ1v) is 12.7. The van der Waals surface area contributed by atoms with Crippen molar-refractivity contribution >= 4 is 44.0 Å². The van der Waals surface area contributed by atoms with E-state index in [-0.39, 0.29) is 0 Å². The van der Waals surface area contributed by atoms with Crippen molar-refractivity contribution < 1.29 is 0 Å². The third-order valence-electron chi connectivity index (χ3n) is 5.23. The molecule has 6 heteroatoms. The Morgan fingerprint density at radius 3 is 2.41 bits per heavy atom. The smallest absolute Gasteiger partial charge is 0.143 e. The first kappa shape index (κ1) is 24.1. The molecule has 1 aliphatic carbocycles. The van der Waals surface area contributed by atoms with E-state index < -0.39 is 0 Å². The van der Waals surface area contributed by atoms with Crippen LogP contribution in [0.4, 0.5) is 0 Å². The van der Waals surface area contributed by atoms with E-state index >= 15 is 0 Å². The van der Waals surface area contributed by atoms with Gasteiger partial charge >= 0.3 is 0 Å². The molecule has 0 unspecified atom stereocenters. The molecule has 0 saturated carbocycles. The summed E-state index contributed by atoms with van der Waals surface area (Å²) < 4.78 is 6.33. The molecule has 4 nitrogen and oxygen atoms in total. The predicted octanol–water partition coefficient (Wildman–Crippen LogP) is 7.45. The summed E-state index contributed by atoms with van der Waals surface area (Å²) >= 11 is 3.32. The second-order valence-corrected chi connectivity index (χ2v) is 9.56. The van der Waals surface area contributed by atoms with Gasteiger partial charge in [-0.1, -0.05) is 32.0 Å². The van der Waals surface area contributed by atoms with Crippen molar-refractivity contribution in [2.24, 2.45) is 7.05 Å². The lowest BCUT2D eigenvalue weighted by atomic mass is 10.2. The molecule has 1 aliphatic rings. The van der Waals surface area contributed by atoms with Crippen molar-refractivity contribution in [3.05, 3.63) is 75.6 Å². The normalized spacial score (nSPS) is 11.7. The molecular formula is C26H32N4S2. The maximum atomic E-state index is 4.41. The summed E-state index contributed by atoms with van der Waals surface area (Å²) in [5.74, 6) is 0. The van der Waals surface area contributed by atoms with Gasteiger partial charge in [0.15, 0.2) is 0 Å². The maximum Gasteiger partial charge on any atom is 0.143 e. The van der Waals surface area contributed by atoms with Gasteiger partial charge in [0, 0.05) is 40.6 Å². The second kappa shape index (κ2) is 11.3. The zero-order valence-electron chi connectivity index (χ0n) is 19.8. The van der Waals surface area contributed by atoms with Gasteiger partial charge in [0.25, 0.3) is 0 Å². The van der Waals surface area contributed by atoms with E-state index in [2.05, 4.69) is 70.3 Å². The molecule has 168 valence electrons. The zero-order valence-corrected chi connectivity index (χ0v) is 21.5. The molecule has 6 rings (SSSR count). The van der Waals surface area contributed by atoms with Crippen molar-refractivity contribution in [1.29, 1.82) is 0 Å². The monoisotopic (exact) mass is 464 g/mol. The number of benzene rings is 1. The largest absolute Gasteiger partial charge is 0.350 e. The number of rotatable bonds is 0. The standard InChI is InChI=1S/C10H11N.C7H6N2S.C7H9NS.C2H6/c1-8-7-11(2)10-6-4-3-5-9(8)10;1-5-6-3-2-4-8-7(6)10-9-5;1-5-8-6-3-2-4-7(6)9-5;1-2/h3-7H,1-2H3;2-4H,1H3;2-4H2,1H3;1-2H3. The quantitative estimate of drug-likeness (QED) is 0.239. The Balaban J connectivity index is 0.000000131. The molecule has 4 aromatic heterocycles. The number of thiazole rings is 1. The average molecular weight is 465 g/mol. The summed E-state index contributed by atoms with van der Waals surface area (Å²) in [7, 11) is 2.08. The van der Waals surface area contributed by atoms with Gasteiger partial charge in [-0.3, -0.25) is 0 Å². The van der Waals surface area contributed by atoms with Crippen molar-refractivity contribution in [2.45, 2.75) is 53.9 Å². The molecule has 0 atom stereocenters. The number of hydrogen-bond donors (Lipinski definition) is 0. The van der Waals surface area contributed by atoms with Crippen molar-refractivity contribution in [2.75, 3.05) is 0 Å². The second-order valence-electron chi connectivity index (χ2n) is 7.52. The van der Waals surface area contributed by atoms with E-state index in [4.69, 9.17) is 0 Å². The number of aromatic nitrogens is 4. The lowest BCUT2D eigenvalue weighted by Gasteiger charge is -1.92. The van der Waals surface area contributed by atoms with Crippen LogP contribution in [0.5, 0.6) is 0 Å². The number of aryl methyl sites for hydroxylation is 6. The van der Waals surface area contributed by atoms with Crippen LogP contribution < -0.4 is 0 Å². The third kappa shape index (κ3) is 5.61. The molecule has 0 amide bonds. The van der Waals surface area contributed by atoms with Crippen LogP contribution in [0.2, 0.25) is 0 Å². The minimum absolute atomic E-state index is 1.03. The van der Waals surface area contributed by atoms with Crippen LogP contribution in [0.25, 0.3) is 21.1 Å². The van der Waals surface area contributed by atoms with E-state index in [0.29, 0.717) is 0 Å². The highest BCUT2D eigenvalue weighted by molar-refractivity contribution is 7.13. The molecule has 0 spiro atoms. The Morgan fingerprint density at radius 2 is 1.69 bits per heavy atom. The highest BCUT2D eigenvalue weighted by Crippen LogP contribution is 2.26. The van der Waals surface area contributed by atoms with Crippen LogP contribution in [0.1, 0.15) is 47.1 Å². The van der Waals surface area contributed by atoms with Crippen molar-refractivity contribution in [3.8, 4) is 0 Å². The molecule has 0 bridgehead atoms. The van der Waals surface area contributed by atoms with Crippen LogP contribution in [0, 0.1) is 20.8 Å². The molecule has 0 fully saturated rings. The minimum atomic E-state index is 1.03. The van der Waals surface area contributed by atoms with E-state index in [1.165, 1.54) is 68.2 Å². The summed E-state index contributed by atoms with van der Waals surface area (Å²) in [4.78, 5) is 11.1. The number of hydrogen-bond acceptors (Lipinski definition) is 5. The number of para-hydroxylation sites is 1. The average Bonchev–Trinajstić information content (AvgIpc) is 3.56. The lowest BCUT2D eigenvalue weighted by Crippen LogP contribution is -1.81. The van der Waals surface area contributed by atoms with Gasteiger partial charge < -0.3 is 4.57 Å². The molecule has 0 N–H and O–H groups in total. The van der Waals surface area contributed by atoms with Crippen LogP contribution in [-0.4, -0.2) is 18.9 Å². The van der Waals surface area contributed by atoms with Crippen LogP contribution in [-0.2, 0) is 19.9 Å². The highest BCUT2D eigenvalue weighted by atomic mass is 32.1. The summed E-state index contributed by atoms with van der Waals surface area (Å²) in [6.45, 7) is 10.2. The number of pyridine rings is 1. The summed E-state index contributed by atoms with van der Waals surface area (Å²) in [5.41, 5.74) is 5.11. The third-order valence-corrected chi connectivity index (χ3v) is 7.17. The van der Waals surface area contributed by atoms with Gasteiger partial charge in [-0.2, -0.15) is 4.37 Å². The van der Waals surface area contributed by atoms with Gasteiger partial charge in [-0.05, 0) is 75.3 Å². The van der Waals surface area contributed by atoms with Crippen LogP contribution in [0.3, 0.4) is 0 Å². The Kier molecular flexibility index (Phi) is 8.53. The maximum absolute atomic E-state index is 4.41. The fourth-order valence-corrected chi connectivity index (χ4v) is 5.53. The summed E-state index contributed by atoms with van der Waals surface area (Å²) in [6.07, 6.45) is 7.78. The Bertz CT molecular complexity index is 1220. The Hall–Kier alpha value is -2.57. The fraction of sp³-hybridized carbons (Fsp3) is 0.346. The van der Waals surface area contributed by atoms with E-state index in [1.54, 1.807) is 6.20 Å². The van der Waals surface area contributed by atoms with Crippen LogP contribution >= 0.6 is 22.9 Å². The van der Waals surface area contributed by atoms with Crippen molar-refractivity contribution in [3.63, 3.8) is 0 Å².